The lowest BCUT2D eigenvalue weighted by atomic mass is 10.0. The first-order valence-electron chi connectivity index (χ1n) is 7.42. The standard InChI is InChI=1S/C16H17N5S/c1-2-22-16-20-13(14-15(17)18-7-8-21(14)16)12-9-10-5-3-4-6-11(10)19-12/h4,6-9,19H,2-3,5H2,1H3,(H2,17,18). The van der Waals surface area contributed by atoms with Crippen molar-refractivity contribution in [2.45, 2.75) is 24.9 Å². The van der Waals surface area contributed by atoms with Crippen LogP contribution in [0.3, 0.4) is 0 Å². The van der Waals surface area contributed by atoms with E-state index in [4.69, 9.17) is 10.7 Å². The molecule has 0 aliphatic heterocycles. The van der Waals surface area contributed by atoms with Crippen molar-refractivity contribution in [3.05, 3.63) is 35.8 Å². The van der Waals surface area contributed by atoms with Gasteiger partial charge in [0.15, 0.2) is 5.16 Å². The second-order valence-electron chi connectivity index (χ2n) is 5.27. The largest absolute Gasteiger partial charge is 0.382 e. The minimum Gasteiger partial charge on any atom is -0.382 e. The summed E-state index contributed by atoms with van der Waals surface area (Å²) in [5, 5.41) is 0.949. The minimum atomic E-state index is 0.510. The van der Waals surface area contributed by atoms with Crippen molar-refractivity contribution in [3.8, 4) is 11.4 Å². The van der Waals surface area contributed by atoms with E-state index in [0.29, 0.717) is 5.82 Å². The van der Waals surface area contributed by atoms with Gasteiger partial charge in [0.05, 0.1) is 5.69 Å². The molecule has 0 amide bonds. The molecule has 6 heteroatoms. The minimum absolute atomic E-state index is 0.510. The Labute approximate surface area is 132 Å². The van der Waals surface area contributed by atoms with Crippen LogP contribution in [0.15, 0.2) is 29.7 Å². The smallest absolute Gasteiger partial charge is 0.173 e. The van der Waals surface area contributed by atoms with Gasteiger partial charge < -0.3 is 10.7 Å². The Morgan fingerprint density at radius 3 is 3.18 bits per heavy atom. The number of nitrogens with zero attached hydrogens (tertiary/aromatic N) is 3. The van der Waals surface area contributed by atoms with Crippen molar-refractivity contribution in [2.75, 3.05) is 11.5 Å². The fourth-order valence-electron chi connectivity index (χ4n) is 2.89. The number of aromatic amines is 1. The van der Waals surface area contributed by atoms with Crippen LogP contribution < -0.4 is 5.73 Å². The van der Waals surface area contributed by atoms with E-state index < -0.39 is 0 Å². The lowest BCUT2D eigenvalue weighted by Crippen LogP contribution is -1.96. The van der Waals surface area contributed by atoms with Gasteiger partial charge in [-0.2, -0.15) is 0 Å². The molecule has 3 heterocycles. The summed E-state index contributed by atoms with van der Waals surface area (Å²) in [5.74, 6) is 1.47. The highest BCUT2D eigenvalue weighted by Crippen LogP contribution is 2.33. The van der Waals surface area contributed by atoms with Gasteiger partial charge in [-0.15, -0.1) is 0 Å². The van der Waals surface area contributed by atoms with Crippen molar-refractivity contribution in [2.24, 2.45) is 0 Å². The fourth-order valence-corrected chi connectivity index (χ4v) is 3.60. The van der Waals surface area contributed by atoms with Gasteiger partial charge in [0.25, 0.3) is 0 Å². The molecule has 1 aliphatic carbocycles. The summed E-state index contributed by atoms with van der Waals surface area (Å²) in [7, 11) is 0. The highest BCUT2D eigenvalue weighted by atomic mass is 32.2. The molecule has 0 unspecified atom stereocenters. The SMILES string of the molecule is CCSc1nc(-c2cc3c([nH]2)C=CCC3)c2c(N)nccn12. The van der Waals surface area contributed by atoms with E-state index in [1.54, 1.807) is 18.0 Å². The predicted molar refractivity (Wildman–Crippen MR) is 90.9 cm³/mol. The Morgan fingerprint density at radius 2 is 2.36 bits per heavy atom. The molecule has 0 atom stereocenters. The number of nitrogens with two attached hydrogens (primary N) is 1. The molecule has 0 bridgehead atoms. The molecule has 0 saturated carbocycles. The average molecular weight is 311 g/mol. The van der Waals surface area contributed by atoms with Gasteiger partial charge in [0.2, 0.25) is 0 Å². The number of H-pyrrole nitrogens is 1. The van der Waals surface area contributed by atoms with Gasteiger partial charge in [0.1, 0.15) is 17.0 Å². The Morgan fingerprint density at radius 1 is 1.45 bits per heavy atom. The zero-order chi connectivity index (χ0) is 15.1. The number of anilines is 1. The first-order chi connectivity index (χ1) is 10.8. The summed E-state index contributed by atoms with van der Waals surface area (Å²) >= 11 is 1.70. The molecule has 4 rings (SSSR count). The molecule has 3 N–H and O–H groups in total. The van der Waals surface area contributed by atoms with Crippen molar-refractivity contribution in [1.29, 1.82) is 0 Å². The van der Waals surface area contributed by atoms with E-state index >= 15 is 0 Å². The fraction of sp³-hybridized carbons (Fsp3) is 0.250. The van der Waals surface area contributed by atoms with Crippen LogP contribution in [0.4, 0.5) is 5.82 Å². The van der Waals surface area contributed by atoms with Crippen molar-refractivity contribution in [3.63, 3.8) is 0 Å². The molecule has 5 nitrogen and oxygen atoms in total. The lowest BCUT2D eigenvalue weighted by molar-refractivity contribution is 0.950. The summed E-state index contributed by atoms with van der Waals surface area (Å²) in [6.07, 6.45) is 10.1. The Bertz CT molecular complexity index is 874. The highest BCUT2D eigenvalue weighted by molar-refractivity contribution is 7.99. The molecular formula is C16H17N5S. The third-order valence-electron chi connectivity index (χ3n) is 3.88. The topological polar surface area (TPSA) is 72.0 Å². The number of imidazole rings is 1. The van der Waals surface area contributed by atoms with Crippen LogP contribution in [0.5, 0.6) is 0 Å². The van der Waals surface area contributed by atoms with Crippen LogP contribution in [0.2, 0.25) is 0 Å². The van der Waals surface area contributed by atoms with E-state index in [-0.39, 0.29) is 0 Å². The van der Waals surface area contributed by atoms with E-state index in [1.807, 2.05) is 10.6 Å². The summed E-state index contributed by atoms with van der Waals surface area (Å²) in [6, 6.07) is 2.19. The van der Waals surface area contributed by atoms with Gasteiger partial charge in [-0.25, -0.2) is 9.97 Å². The van der Waals surface area contributed by atoms with Crippen LogP contribution in [0.1, 0.15) is 24.6 Å². The second kappa shape index (κ2) is 5.21. The zero-order valence-corrected chi connectivity index (χ0v) is 13.2. The number of nitrogens with one attached hydrogen (secondary N) is 1. The number of aryl methyl sites for hydroxylation is 1. The molecule has 112 valence electrons. The zero-order valence-electron chi connectivity index (χ0n) is 12.3. The maximum atomic E-state index is 6.12. The maximum Gasteiger partial charge on any atom is 0.173 e. The number of fused-ring (bicyclic) bond motifs is 2. The first kappa shape index (κ1) is 13.5. The van der Waals surface area contributed by atoms with E-state index in [1.165, 1.54) is 11.3 Å². The molecule has 0 spiro atoms. The number of hydrogen-bond acceptors (Lipinski definition) is 4. The lowest BCUT2D eigenvalue weighted by Gasteiger charge is -2.01. The van der Waals surface area contributed by atoms with Gasteiger partial charge in [-0.3, -0.25) is 4.40 Å². The highest BCUT2D eigenvalue weighted by Gasteiger charge is 2.19. The molecule has 0 aromatic carbocycles. The maximum absolute atomic E-state index is 6.12. The van der Waals surface area contributed by atoms with Crippen molar-refractivity contribution >= 4 is 29.2 Å². The Kier molecular flexibility index (Phi) is 3.18. The summed E-state index contributed by atoms with van der Waals surface area (Å²) in [6.45, 7) is 2.12. The number of rotatable bonds is 3. The number of hydrogen-bond donors (Lipinski definition) is 2. The number of thioether (sulfide) groups is 1. The van der Waals surface area contributed by atoms with E-state index in [2.05, 4.69) is 35.1 Å². The van der Waals surface area contributed by atoms with Crippen LogP contribution in [-0.2, 0) is 6.42 Å². The van der Waals surface area contributed by atoms with Crippen LogP contribution in [0.25, 0.3) is 23.0 Å². The summed E-state index contributed by atoms with van der Waals surface area (Å²) in [4.78, 5) is 12.5. The first-order valence-corrected chi connectivity index (χ1v) is 8.40. The molecular weight excluding hydrogens is 294 g/mol. The number of aromatic nitrogens is 4. The van der Waals surface area contributed by atoms with E-state index in [0.717, 1.165) is 40.7 Å². The third kappa shape index (κ3) is 2.02. The predicted octanol–water partition coefficient (Wildman–Crippen LogP) is 3.38. The van der Waals surface area contributed by atoms with Gasteiger partial charge >= 0.3 is 0 Å². The van der Waals surface area contributed by atoms with E-state index in [9.17, 15) is 0 Å². The molecule has 3 aromatic heterocycles. The number of allylic oxidation sites excluding steroid dienone is 1. The molecule has 0 saturated heterocycles. The molecule has 0 fully saturated rings. The molecule has 3 aromatic rings. The van der Waals surface area contributed by atoms with Gasteiger partial charge in [0, 0.05) is 18.1 Å². The summed E-state index contributed by atoms with van der Waals surface area (Å²) < 4.78 is 2.03. The monoisotopic (exact) mass is 311 g/mol. The van der Waals surface area contributed by atoms with Crippen molar-refractivity contribution in [1.82, 2.24) is 19.4 Å². The second-order valence-corrected chi connectivity index (χ2v) is 6.50. The summed E-state index contributed by atoms with van der Waals surface area (Å²) in [5.41, 5.74) is 11.4. The van der Waals surface area contributed by atoms with Crippen LogP contribution >= 0.6 is 11.8 Å². The van der Waals surface area contributed by atoms with Crippen LogP contribution in [-0.4, -0.2) is 25.1 Å². The molecule has 22 heavy (non-hydrogen) atoms. The van der Waals surface area contributed by atoms with Gasteiger partial charge in [-0.05, 0) is 36.3 Å². The number of nitrogen functional groups attached to an aromatic ring is 1. The van der Waals surface area contributed by atoms with Crippen LogP contribution in [0, 0.1) is 0 Å². The average Bonchev–Trinajstić information content (AvgIpc) is 3.10. The van der Waals surface area contributed by atoms with Crippen molar-refractivity contribution < 1.29 is 0 Å². The Balaban J connectivity index is 1.94. The Hall–Kier alpha value is -2.21. The van der Waals surface area contributed by atoms with Gasteiger partial charge in [-0.1, -0.05) is 24.8 Å². The molecule has 0 radical (unpaired) electrons. The molecule has 1 aliphatic rings. The quantitative estimate of drug-likeness (QED) is 0.727. The normalized spacial score (nSPS) is 13.7. The third-order valence-corrected chi connectivity index (χ3v) is 4.71.